The Morgan fingerprint density at radius 1 is 1.03 bits per heavy atom. The van der Waals surface area contributed by atoms with Crippen LogP contribution in [0.2, 0.25) is 0 Å². The molecular formula is C28H37NO3. The van der Waals surface area contributed by atoms with E-state index in [9.17, 15) is 15.0 Å². The SMILES string of the molecule is CCCCCc1cc(O)c(CC=C(C)CCC=C(C)C)c(O)c1C(=O)Nc1ccccc1. The molecule has 32 heavy (non-hydrogen) atoms. The first kappa shape index (κ1) is 25.3. The molecule has 1 amide bonds. The van der Waals surface area contributed by atoms with Crippen LogP contribution in [-0.4, -0.2) is 16.1 Å². The number of anilines is 1. The zero-order valence-electron chi connectivity index (χ0n) is 19.9. The Balaban J connectivity index is 2.33. The number of amides is 1. The third kappa shape index (κ3) is 7.60. The summed E-state index contributed by atoms with van der Waals surface area (Å²) in [6.07, 6.45) is 10.1. The van der Waals surface area contributed by atoms with Crippen LogP contribution < -0.4 is 5.32 Å². The third-order valence-corrected chi connectivity index (χ3v) is 5.52. The van der Waals surface area contributed by atoms with Crippen molar-refractivity contribution in [3.63, 3.8) is 0 Å². The zero-order valence-corrected chi connectivity index (χ0v) is 19.9. The first-order valence-corrected chi connectivity index (χ1v) is 11.6. The van der Waals surface area contributed by atoms with Gasteiger partial charge in [-0.1, -0.05) is 61.3 Å². The number of hydrogen-bond acceptors (Lipinski definition) is 3. The van der Waals surface area contributed by atoms with E-state index in [-0.39, 0.29) is 23.0 Å². The van der Waals surface area contributed by atoms with E-state index >= 15 is 0 Å². The molecule has 2 aromatic carbocycles. The van der Waals surface area contributed by atoms with Gasteiger partial charge >= 0.3 is 0 Å². The highest BCUT2D eigenvalue weighted by Gasteiger charge is 2.22. The normalized spacial score (nSPS) is 11.3. The minimum atomic E-state index is -0.356. The van der Waals surface area contributed by atoms with Gasteiger partial charge in [0, 0.05) is 11.3 Å². The molecule has 0 heterocycles. The van der Waals surface area contributed by atoms with Crippen molar-refractivity contribution in [1.82, 2.24) is 0 Å². The summed E-state index contributed by atoms with van der Waals surface area (Å²) in [4.78, 5) is 13.1. The van der Waals surface area contributed by atoms with Gasteiger partial charge in [-0.15, -0.1) is 0 Å². The van der Waals surface area contributed by atoms with Crippen molar-refractivity contribution in [3.8, 4) is 11.5 Å². The van der Waals surface area contributed by atoms with E-state index in [1.807, 2.05) is 36.4 Å². The quantitative estimate of drug-likeness (QED) is 0.256. The third-order valence-electron chi connectivity index (χ3n) is 5.52. The van der Waals surface area contributed by atoms with E-state index in [0.29, 0.717) is 29.7 Å². The lowest BCUT2D eigenvalue weighted by atomic mass is 9.94. The average Bonchev–Trinajstić information content (AvgIpc) is 2.74. The highest BCUT2D eigenvalue weighted by atomic mass is 16.3. The fraction of sp³-hybridized carbons (Fsp3) is 0.393. The highest BCUT2D eigenvalue weighted by molar-refractivity contribution is 6.07. The number of hydrogen-bond donors (Lipinski definition) is 3. The molecule has 4 heteroatoms. The van der Waals surface area contributed by atoms with Crippen LogP contribution in [0.1, 0.15) is 81.3 Å². The van der Waals surface area contributed by atoms with Crippen molar-refractivity contribution in [2.75, 3.05) is 5.32 Å². The maximum absolute atomic E-state index is 13.1. The molecule has 0 unspecified atom stereocenters. The number of unbranched alkanes of at least 4 members (excludes halogenated alkanes) is 2. The zero-order chi connectivity index (χ0) is 23.5. The lowest BCUT2D eigenvalue weighted by Gasteiger charge is -2.16. The van der Waals surface area contributed by atoms with Gasteiger partial charge in [0.15, 0.2) is 0 Å². The standard InChI is InChI=1S/C28H37NO3/c1-5-6-8-14-22-19-25(30)24(18-17-21(4)13-11-12-20(2)3)27(31)26(22)28(32)29-23-15-9-7-10-16-23/h7,9-10,12,15-17,19,30-31H,5-6,8,11,13-14,18H2,1-4H3,(H,29,32). The molecule has 0 fully saturated rings. The molecular weight excluding hydrogens is 398 g/mol. The Kier molecular flexibility index (Phi) is 10.1. The summed E-state index contributed by atoms with van der Waals surface area (Å²) in [5, 5.41) is 24.6. The van der Waals surface area contributed by atoms with E-state index < -0.39 is 0 Å². The number of phenolic OH excluding ortho intramolecular Hbond substituents is 2. The second-order valence-electron chi connectivity index (χ2n) is 8.61. The van der Waals surface area contributed by atoms with Gasteiger partial charge in [0.25, 0.3) is 5.91 Å². The Morgan fingerprint density at radius 3 is 2.41 bits per heavy atom. The number of carbonyl (C=O) groups excluding carboxylic acids is 1. The fourth-order valence-corrected chi connectivity index (χ4v) is 3.65. The molecule has 3 N–H and O–H groups in total. The summed E-state index contributed by atoms with van der Waals surface area (Å²) in [6.45, 7) is 8.33. The van der Waals surface area contributed by atoms with Crippen LogP contribution in [0, 0.1) is 0 Å². The minimum absolute atomic E-state index is 0.0404. The number of carbonyl (C=O) groups is 1. The van der Waals surface area contributed by atoms with Crippen molar-refractivity contribution in [2.24, 2.45) is 0 Å². The monoisotopic (exact) mass is 435 g/mol. The van der Waals surface area contributed by atoms with Gasteiger partial charge in [-0.05, 0) is 76.6 Å². The number of benzene rings is 2. The van der Waals surface area contributed by atoms with Crippen molar-refractivity contribution in [1.29, 1.82) is 0 Å². The molecule has 0 bridgehead atoms. The lowest BCUT2D eigenvalue weighted by molar-refractivity contribution is 0.102. The Labute approximate surface area is 192 Å². The summed E-state index contributed by atoms with van der Waals surface area (Å²) < 4.78 is 0. The molecule has 0 aliphatic carbocycles. The van der Waals surface area contributed by atoms with Gasteiger partial charge in [0.1, 0.15) is 11.5 Å². The van der Waals surface area contributed by atoms with Crippen LogP contribution in [0.3, 0.4) is 0 Å². The first-order valence-electron chi connectivity index (χ1n) is 11.6. The molecule has 2 rings (SSSR count). The number of aromatic hydroxyl groups is 2. The topological polar surface area (TPSA) is 69.6 Å². The van der Waals surface area contributed by atoms with Crippen LogP contribution in [0.25, 0.3) is 0 Å². The highest BCUT2D eigenvalue weighted by Crippen LogP contribution is 2.36. The fourth-order valence-electron chi connectivity index (χ4n) is 3.65. The average molecular weight is 436 g/mol. The number of nitrogens with one attached hydrogen (secondary N) is 1. The number of aryl methyl sites for hydroxylation is 1. The second-order valence-corrected chi connectivity index (χ2v) is 8.61. The largest absolute Gasteiger partial charge is 0.508 e. The summed E-state index contributed by atoms with van der Waals surface area (Å²) in [6, 6.07) is 10.9. The van der Waals surface area contributed by atoms with Crippen LogP contribution in [0.5, 0.6) is 11.5 Å². The van der Waals surface area contributed by atoms with Crippen LogP contribution in [0.15, 0.2) is 59.7 Å². The lowest BCUT2D eigenvalue weighted by Crippen LogP contribution is -2.15. The Hall–Kier alpha value is -3.01. The molecule has 0 aliphatic heterocycles. The number of rotatable bonds is 11. The van der Waals surface area contributed by atoms with Gasteiger partial charge < -0.3 is 15.5 Å². The van der Waals surface area contributed by atoms with E-state index in [0.717, 1.165) is 32.1 Å². The van der Waals surface area contributed by atoms with Crippen LogP contribution in [0.4, 0.5) is 5.69 Å². The first-order chi connectivity index (χ1) is 15.3. The summed E-state index contributed by atoms with van der Waals surface area (Å²) >= 11 is 0. The summed E-state index contributed by atoms with van der Waals surface area (Å²) in [5.74, 6) is -0.442. The Bertz CT molecular complexity index is 954. The van der Waals surface area contributed by atoms with Crippen LogP contribution in [-0.2, 0) is 12.8 Å². The van der Waals surface area contributed by atoms with Crippen molar-refractivity contribution in [2.45, 2.75) is 72.6 Å². The van der Waals surface area contributed by atoms with Crippen molar-refractivity contribution in [3.05, 3.63) is 76.4 Å². The van der Waals surface area contributed by atoms with E-state index in [1.54, 1.807) is 6.07 Å². The van der Waals surface area contributed by atoms with E-state index in [4.69, 9.17) is 0 Å². The van der Waals surface area contributed by atoms with Gasteiger partial charge in [0.2, 0.25) is 0 Å². The summed E-state index contributed by atoms with van der Waals surface area (Å²) in [5.41, 5.74) is 4.47. The van der Waals surface area contributed by atoms with Gasteiger partial charge in [-0.3, -0.25) is 4.79 Å². The molecule has 2 aromatic rings. The van der Waals surface area contributed by atoms with Gasteiger partial charge in [0.05, 0.1) is 5.56 Å². The second kappa shape index (κ2) is 12.7. The number of allylic oxidation sites excluding steroid dienone is 4. The molecule has 0 saturated heterocycles. The van der Waals surface area contributed by atoms with Gasteiger partial charge in [-0.25, -0.2) is 0 Å². The number of phenols is 2. The molecule has 0 spiro atoms. The van der Waals surface area contributed by atoms with Crippen molar-refractivity contribution >= 4 is 11.6 Å². The summed E-state index contributed by atoms with van der Waals surface area (Å²) in [7, 11) is 0. The van der Waals surface area contributed by atoms with Crippen molar-refractivity contribution < 1.29 is 15.0 Å². The maximum atomic E-state index is 13.1. The molecule has 0 atom stereocenters. The smallest absolute Gasteiger partial charge is 0.259 e. The minimum Gasteiger partial charge on any atom is -0.508 e. The van der Waals surface area contributed by atoms with E-state index in [2.05, 4.69) is 39.1 Å². The van der Waals surface area contributed by atoms with E-state index in [1.165, 1.54) is 11.1 Å². The molecule has 4 nitrogen and oxygen atoms in total. The maximum Gasteiger partial charge on any atom is 0.259 e. The van der Waals surface area contributed by atoms with Crippen LogP contribution >= 0.6 is 0 Å². The molecule has 172 valence electrons. The molecule has 0 aromatic heterocycles. The predicted molar refractivity (Wildman–Crippen MR) is 134 cm³/mol. The molecule has 0 radical (unpaired) electrons. The van der Waals surface area contributed by atoms with Gasteiger partial charge in [-0.2, -0.15) is 0 Å². The molecule has 0 aliphatic rings. The molecule has 0 saturated carbocycles. The number of para-hydroxylation sites is 1. The Morgan fingerprint density at radius 2 is 1.75 bits per heavy atom. The predicted octanol–water partition coefficient (Wildman–Crippen LogP) is 7.32.